The highest BCUT2D eigenvalue weighted by Crippen LogP contribution is 2.31. The fourth-order valence-corrected chi connectivity index (χ4v) is 3.00. The van der Waals surface area contributed by atoms with E-state index >= 15 is 0 Å². The smallest absolute Gasteiger partial charge is 0.341 e. The second-order valence-corrected chi connectivity index (χ2v) is 7.85. The van der Waals surface area contributed by atoms with Crippen LogP contribution in [0.1, 0.15) is 60.7 Å². The molecule has 30 heavy (non-hydrogen) atoms. The lowest BCUT2D eigenvalue weighted by Gasteiger charge is -2.36. The Hall–Kier alpha value is -2.70. The Morgan fingerprint density at radius 3 is 1.67 bits per heavy atom. The Balaban J connectivity index is 2.17. The average Bonchev–Trinajstić information content (AvgIpc) is 2.74. The standard InChI is InChI=1S/C24H30O6/c1-4-11-19(25)24(2,3)20(26)16-21(29-22(27)17-12-7-5-8-13-17)30-23(28)18-14-9-6-10-15-18/h5-10,12-15,19-21,25-26H,4,11,16H2,1-3H3. The van der Waals surface area contributed by atoms with Crippen LogP contribution < -0.4 is 0 Å². The third kappa shape index (κ3) is 6.40. The third-order valence-corrected chi connectivity index (χ3v) is 5.19. The first-order valence-electron chi connectivity index (χ1n) is 10.1. The molecule has 0 amide bonds. The molecule has 2 aromatic carbocycles. The SMILES string of the molecule is CCCC(O)C(C)(C)C(O)CC(OC(=O)c1ccccc1)OC(=O)c1ccccc1. The number of carbonyl (C=O) groups is 2. The molecule has 0 spiro atoms. The van der Waals surface area contributed by atoms with E-state index in [1.165, 1.54) is 0 Å². The van der Waals surface area contributed by atoms with Crippen LogP contribution in [0.4, 0.5) is 0 Å². The van der Waals surface area contributed by atoms with Crippen molar-refractivity contribution in [2.75, 3.05) is 0 Å². The van der Waals surface area contributed by atoms with E-state index in [-0.39, 0.29) is 6.42 Å². The van der Waals surface area contributed by atoms with Gasteiger partial charge in [0.15, 0.2) is 0 Å². The summed E-state index contributed by atoms with van der Waals surface area (Å²) in [5, 5.41) is 21.2. The fourth-order valence-electron chi connectivity index (χ4n) is 3.00. The number of rotatable bonds is 10. The molecule has 0 saturated heterocycles. The van der Waals surface area contributed by atoms with Gasteiger partial charge in [0.05, 0.1) is 23.3 Å². The van der Waals surface area contributed by atoms with Gasteiger partial charge in [-0.3, -0.25) is 0 Å². The van der Waals surface area contributed by atoms with Gasteiger partial charge in [-0.05, 0) is 30.7 Å². The van der Waals surface area contributed by atoms with Crippen molar-refractivity contribution < 1.29 is 29.3 Å². The Kier molecular flexibility index (Phi) is 8.57. The minimum Gasteiger partial charge on any atom is -0.421 e. The average molecular weight is 414 g/mol. The van der Waals surface area contributed by atoms with E-state index in [0.29, 0.717) is 17.5 Å². The molecule has 6 heteroatoms. The molecule has 2 atom stereocenters. The van der Waals surface area contributed by atoms with Gasteiger partial charge in [-0.15, -0.1) is 0 Å². The highest BCUT2D eigenvalue weighted by Gasteiger charge is 2.38. The first kappa shape index (κ1) is 23.6. The number of esters is 2. The van der Waals surface area contributed by atoms with Crippen LogP contribution >= 0.6 is 0 Å². The normalized spacial score (nSPS) is 13.5. The van der Waals surface area contributed by atoms with E-state index in [9.17, 15) is 19.8 Å². The van der Waals surface area contributed by atoms with Gasteiger partial charge in [-0.1, -0.05) is 63.6 Å². The Morgan fingerprint density at radius 1 is 0.833 bits per heavy atom. The number of aliphatic hydroxyl groups is 2. The molecule has 0 bridgehead atoms. The molecule has 2 rings (SSSR count). The predicted octanol–water partition coefficient (Wildman–Crippen LogP) is 3.96. The summed E-state index contributed by atoms with van der Waals surface area (Å²) in [5.74, 6) is -1.33. The van der Waals surface area contributed by atoms with Gasteiger partial charge in [-0.25, -0.2) is 9.59 Å². The largest absolute Gasteiger partial charge is 0.421 e. The van der Waals surface area contributed by atoms with Crippen LogP contribution in [-0.4, -0.2) is 40.6 Å². The lowest BCUT2D eigenvalue weighted by atomic mass is 9.77. The zero-order valence-electron chi connectivity index (χ0n) is 17.7. The molecule has 0 fully saturated rings. The van der Waals surface area contributed by atoms with E-state index in [4.69, 9.17) is 9.47 Å². The molecule has 0 aliphatic heterocycles. The van der Waals surface area contributed by atoms with E-state index in [1.54, 1.807) is 74.5 Å². The van der Waals surface area contributed by atoms with Crippen molar-refractivity contribution in [3.63, 3.8) is 0 Å². The van der Waals surface area contributed by atoms with E-state index in [2.05, 4.69) is 0 Å². The summed E-state index contributed by atoms with van der Waals surface area (Å²) < 4.78 is 10.8. The lowest BCUT2D eigenvalue weighted by Crippen LogP contribution is -2.43. The summed E-state index contributed by atoms with van der Waals surface area (Å²) in [7, 11) is 0. The summed E-state index contributed by atoms with van der Waals surface area (Å²) in [6.07, 6.45) is -2.03. The van der Waals surface area contributed by atoms with Crippen molar-refractivity contribution in [1.29, 1.82) is 0 Å². The summed E-state index contributed by atoms with van der Waals surface area (Å²) in [4.78, 5) is 25.0. The zero-order valence-corrected chi connectivity index (χ0v) is 17.7. The molecule has 0 heterocycles. The number of hydrogen-bond acceptors (Lipinski definition) is 6. The summed E-state index contributed by atoms with van der Waals surface area (Å²) in [6, 6.07) is 16.7. The molecule has 162 valence electrons. The van der Waals surface area contributed by atoms with Gasteiger partial charge in [0.2, 0.25) is 0 Å². The summed E-state index contributed by atoms with van der Waals surface area (Å²) >= 11 is 0. The van der Waals surface area contributed by atoms with Gasteiger partial charge in [0.25, 0.3) is 6.29 Å². The van der Waals surface area contributed by atoms with Crippen LogP contribution in [0.3, 0.4) is 0 Å². The van der Waals surface area contributed by atoms with Crippen molar-refractivity contribution >= 4 is 11.9 Å². The number of ether oxygens (including phenoxy) is 2. The quantitative estimate of drug-likeness (QED) is 0.451. The maximum absolute atomic E-state index is 12.5. The first-order chi connectivity index (χ1) is 14.3. The van der Waals surface area contributed by atoms with Crippen LogP contribution in [0.5, 0.6) is 0 Å². The molecule has 2 aromatic rings. The second-order valence-electron chi connectivity index (χ2n) is 7.85. The summed E-state index contributed by atoms with van der Waals surface area (Å²) in [5.41, 5.74) is -0.275. The fraction of sp³-hybridized carbons (Fsp3) is 0.417. The molecule has 0 aliphatic rings. The molecular weight excluding hydrogens is 384 g/mol. The molecule has 2 N–H and O–H groups in total. The molecule has 0 aliphatic carbocycles. The van der Waals surface area contributed by atoms with Crippen LogP contribution in [0.2, 0.25) is 0 Å². The minimum absolute atomic E-state index is 0.162. The molecular formula is C24H30O6. The molecule has 0 saturated carbocycles. The molecule has 0 radical (unpaired) electrons. The number of benzene rings is 2. The Labute approximate surface area is 177 Å². The highest BCUT2D eigenvalue weighted by atomic mass is 16.7. The third-order valence-electron chi connectivity index (χ3n) is 5.19. The van der Waals surface area contributed by atoms with Gasteiger partial charge < -0.3 is 19.7 Å². The van der Waals surface area contributed by atoms with Crippen LogP contribution in [0.15, 0.2) is 60.7 Å². The van der Waals surface area contributed by atoms with Gasteiger partial charge in [0, 0.05) is 11.8 Å². The lowest BCUT2D eigenvalue weighted by molar-refractivity contribution is -0.125. The van der Waals surface area contributed by atoms with Crippen LogP contribution in [0.25, 0.3) is 0 Å². The second kappa shape index (κ2) is 10.9. The molecule has 6 nitrogen and oxygen atoms in total. The summed E-state index contributed by atoms with van der Waals surface area (Å²) in [6.45, 7) is 5.40. The minimum atomic E-state index is -1.31. The monoisotopic (exact) mass is 414 g/mol. The van der Waals surface area contributed by atoms with Crippen LogP contribution in [-0.2, 0) is 9.47 Å². The van der Waals surface area contributed by atoms with Gasteiger partial charge in [-0.2, -0.15) is 0 Å². The van der Waals surface area contributed by atoms with E-state index < -0.39 is 35.9 Å². The first-order valence-corrected chi connectivity index (χ1v) is 10.1. The maximum atomic E-state index is 12.5. The Bertz CT molecular complexity index is 749. The van der Waals surface area contributed by atoms with E-state index in [0.717, 1.165) is 6.42 Å². The predicted molar refractivity (Wildman–Crippen MR) is 113 cm³/mol. The molecule has 2 unspecified atom stereocenters. The van der Waals surface area contributed by atoms with Gasteiger partial charge in [0.1, 0.15) is 0 Å². The zero-order chi connectivity index (χ0) is 22.1. The van der Waals surface area contributed by atoms with Crippen molar-refractivity contribution in [3.8, 4) is 0 Å². The number of hydrogen-bond donors (Lipinski definition) is 2. The van der Waals surface area contributed by atoms with Crippen molar-refractivity contribution in [1.82, 2.24) is 0 Å². The Morgan fingerprint density at radius 2 is 1.27 bits per heavy atom. The number of carbonyl (C=O) groups excluding carboxylic acids is 2. The number of aliphatic hydroxyl groups excluding tert-OH is 2. The highest BCUT2D eigenvalue weighted by molar-refractivity contribution is 5.91. The van der Waals surface area contributed by atoms with Crippen molar-refractivity contribution in [3.05, 3.63) is 71.8 Å². The van der Waals surface area contributed by atoms with Crippen molar-refractivity contribution in [2.45, 2.75) is 58.5 Å². The van der Waals surface area contributed by atoms with Crippen molar-refractivity contribution in [2.24, 2.45) is 5.41 Å². The maximum Gasteiger partial charge on any atom is 0.341 e. The van der Waals surface area contributed by atoms with E-state index in [1.807, 2.05) is 6.92 Å². The molecule has 0 aromatic heterocycles. The van der Waals surface area contributed by atoms with Crippen LogP contribution in [0, 0.1) is 5.41 Å². The topological polar surface area (TPSA) is 93.1 Å². The van der Waals surface area contributed by atoms with Gasteiger partial charge >= 0.3 is 11.9 Å².